The first-order chi connectivity index (χ1) is 14.2. The van der Waals surface area contributed by atoms with E-state index in [4.69, 9.17) is 8.94 Å². The van der Waals surface area contributed by atoms with Crippen LogP contribution in [0.4, 0.5) is 0 Å². The predicted octanol–water partition coefficient (Wildman–Crippen LogP) is 3.02. The zero-order chi connectivity index (χ0) is 19.8. The lowest BCUT2D eigenvalue weighted by Crippen LogP contribution is -2.51. The Morgan fingerprint density at radius 1 is 0.931 bits per heavy atom. The summed E-state index contributed by atoms with van der Waals surface area (Å²) in [5.74, 6) is 1.38. The number of rotatable bonds is 4. The zero-order valence-corrected chi connectivity index (χ0v) is 15.9. The van der Waals surface area contributed by atoms with Crippen LogP contribution in [0.3, 0.4) is 0 Å². The Morgan fingerprint density at radius 2 is 1.69 bits per heavy atom. The molecule has 148 valence electrons. The van der Waals surface area contributed by atoms with Crippen molar-refractivity contribution >= 4 is 11.8 Å². The molecule has 2 aliphatic rings. The summed E-state index contributed by atoms with van der Waals surface area (Å²) in [5.41, 5.74) is 1.49. The molecule has 3 heterocycles. The number of aromatic nitrogens is 1. The molecule has 29 heavy (non-hydrogen) atoms. The Kier molecular flexibility index (Phi) is 4.42. The SMILES string of the molecule is O=C(c1cc(-c2ccco2)on1)N1CCN(C(=O)[C@@H]2C[C@@H]2c2ccccc2)CC1. The van der Waals surface area contributed by atoms with Gasteiger partial charge in [0.25, 0.3) is 5.91 Å². The molecule has 0 bridgehead atoms. The highest BCUT2D eigenvalue weighted by molar-refractivity contribution is 5.93. The summed E-state index contributed by atoms with van der Waals surface area (Å²) in [6.07, 6.45) is 2.45. The molecule has 2 amide bonds. The maximum Gasteiger partial charge on any atom is 0.276 e. The maximum absolute atomic E-state index is 12.8. The van der Waals surface area contributed by atoms with E-state index in [1.54, 1.807) is 23.1 Å². The number of nitrogens with zero attached hydrogens (tertiary/aromatic N) is 3. The molecule has 1 saturated carbocycles. The van der Waals surface area contributed by atoms with E-state index < -0.39 is 0 Å². The number of furan rings is 1. The number of hydrogen-bond donors (Lipinski definition) is 0. The predicted molar refractivity (Wildman–Crippen MR) is 104 cm³/mol. The number of carbonyl (C=O) groups excluding carboxylic acids is 2. The molecule has 2 atom stereocenters. The van der Waals surface area contributed by atoms with E-state index >= 15 is 0 Å². The van der Waals surface area contributed by atoms with Crippen LogP contribution in [0, 0.1) is 5.92 Å². The first-order valence-corrected chi connectivity index (χ1v) is 9.84. The van der Waals surface area contributed by atoms with Gasteiger partial charge in [-0.05, 0) is 30.0 Å². The summed E-state index contributed by atoms with van der Waals surface area (Å²) in [5, 5.41) is 3.88. The molecule has 1 aromatic carbocycles. The van der Waals surface area contributed by atoms with E-state index in [2.05, 4.69) is 17.3 Å². The van der Waals surface area contributed by atoms with Crippen LogP contribution < -0.4 is 0 Å². The summed E-state index contributed by atoms with van der Waals surface area (Å²) >= 11 is 0. The van der Waals surface area contributed by atoms with Crippen molar-refractivity contribution in [2.24, 2.45) is 5.92 Å². The standard InChI is InChI=1S/C22H21N3O4/c26-21(17-13-16(17)15-5-2-1-3-6-15)24-8-10-25(11-9-24)22(27)18-14-20(29-23-18)19-7-4-12-28-19/h1-7,12,14,16-17H,8-11,13H2/t16-,17-/m1/s1. The smallest absolute Gasteiger partial charge is 0.276 e. The van der Waals surface area contributed by atoms with Crippen LogP contribution in [0.5, 0.6) is 0 Å². The van der Waals surface area contributed by atoms with Crippen LogP contribution in [0.15, 0.2) is 63.7 Å². The summed E-state index contributed by atoms with van der Waals surface area (Å²) in [6, 6.07) is 15.3. The average molecular weight is 391 g/mol. The molecular weight excluding hydrogens is 370 g/mol. The van der Waals surface area contributed by atoms with E-state index in [0.717, 1.165) is 6.42 Å². The van der Waals surface area contributed by atoms with Crippen LogP contribution in [0.1, 0.15) is 28.4 Å². The van der Waals surface area contributed by atoms with E-state index in [0.29, 0.717) is 43.6 Å². The molecular formula is C22H21N3O4. The Labute approximate surface area is 167 Å². The van der Waals surface area contributed by atoms with Crippen LogP contribution >= 0.6 is 0 Å². The number of piperazine rings is 1. The van der Waals surface area contributed by atoms with Crippen molar-refractivity contribution in [3.63, 3.8) is 0 Å². The van der Waals surface area contributed by atoms with Crippen LogP contribution in [0.2, 0.25) is 0 Å². The van der Waals surface area contributed by atoms with Crippen molar-refractivity contribution in [3.8, 4) is 11.5 Å². The second kappa shape index (κ2) is 7.24. The van der Waals surface area contributed by atoms with Crippen LogP contribution in [0.25, 0.3) is 11.5 Å². The Hall–Kier alpha value is -3.35. The summed E-state index contributed by atoms with van der Waals surface area (Å²) < 4.78 is 10.5. The molecule has 7 nitrogen and oxygen atoms in total. The van der Waals surface area contributed by atoms with Crippen molar-refractivity contribution in [1.82, 2.24) is 15.0 Å². The molecule has 3 aromatic rings. The summed E-state index contributed by atoms with van der Waals surface area (Å²) in [6.45, 7) is 2.09. The van der Waals surface area contributed by atoms with E-state index in [1.807, 2.05) is 23.1 Å². The minimum atomic E-state index is -0.188. The fraction of sp³-hybridized carbons (Fsp3) is 0.318. The van der Waals surface area contributed by atoms with Gasteiger partial charge in [0, 0.05) is 38.2 Å². The fourth-order valence-corrected chi connectivity index (χ4v) is 3.97. The molecule has 1 aliphatic carbocycles. The minimum absolute atomic E-state index is 0.0750. The topological polar surface area (TPSA) is 79.8 Å². The van der Waals surface area contributed by atoms with Gasteiger partial charge in [-0.3, -0.25) is 9.59 Å². The quantitative estimate of drug-likeness (QED) is 0.683. The first-order valence-electron chi connectivity index (χ1n) is 9.84. The molecule has 5 rings (SSSR count). The van der Waals surface area contributed by atoms with Gasteiger partial charge < -0.3 is 18.7 Å². The molecule has 0 spiro atoms. The van der Waals surface area contributed by atoms with E-state index in [-0.39, 0.29) is 23.4 Å². The number of hydrogen-bond acceptors (Lipinski definition) is 5. The van der Waals surface area contributed by atoms with E-state index in [9.17, 15) is 9.59 Å². The monoisotopic (exact) mass is 391 g/mol. The number of carbonyl (C=O) groups is 2. The van der Waals surface area contributed by atoms with Gasteiger partial charge in [-0.2, -0.15) is 0 Å². The Morgan fingerprint density at radius 3 is 2.41 bits per heavy atom. The van der Waals surface area contributed by atoms with Crippen molar-refractivity contribution in [1.29, 1.82) is 0 Å². The number of amides is 2. The lowest BCUT2D eigenvalue weighted by atomic mass is 10.1. The first kappa shape index (κ1) is 17.7. The van der Waals surface area contributed by atoms with Gasteiger partial charge in [0.15, 0.2) is 11.5 Å². The van der Waals surface area contributed by atoms with E-state index in [1.165, 1.54) is 11.8 Å². The third-order valence-corrected chi connectivity index (χ3v) is 5.71. The van der Waals surface area contributed by atoms with Crippen molar-refractivity contribution in [2.45, 2.75) is 12.3 Å². The Bertz CT molecular complexity index is 1000. The fourth-order valence-electron chi connectivity index (χ4n) is 3.97. The van der Waals surface area contributed by atoms with Gasteiger partial charge in [0.1, 0.15) is 0 Å². The second-order valence-corrected chi connectivity index (χ2v) is 7.53. The molecule has 1 saturated heterocycles. The van der Waals surface area contributed by atoms with Crippen molar-refractivity contribution in [2.75, 3.05) is 26.2 Å². The van der Waals surface area contributed by atoms with Gasteiger partial charge >= 0.3 is 0 Å². The van der Waals surface area contributed by atoms with Crippen molar-refractivity contribution < 1.29 is 18.5 Å². The second-order valence-electron chi connectivity index (χ2n) is 7.53. The highest BCUT2D eigenvalue weighted by Crippen LogP contribution is 2.48. The summed E-state index contributed by atoms with van der Waals surface area (Å²) in [4.78, 5) is 29.1. The van der Waals surface area contributed by atoms with Gasteiger partial charge in [-0.15, -0.1) is 0 Å². The van der Waals surface area contributed by atoms with Gasteiger partial charge in [-0.1, -0.05) is 35.5 Å². The van der Waals surface area contributed by atoms with Gasteiger partial charge in [0.05, 0.1) is 6.26 Å². The zero-order valence-electron chi connectivity index (χ0n) is 15.9. The molecule has 2 fully saturated rings. The van der Waals surface area contributed by atoms with Gasteiger partial charge in [0.2, 0.25) is 11.7 Å². The third kappa shape index (κ3) is 3.44. The largest absolute Gasteiger partial charge is 0.461 e. The summed E-state index contributed by atoms with van der Waals surface area (Å²) in [7, 11) is 0. The molecule has 0 N–H and O–H groups in total. The van der Waals surface area contributed by atoms with Crippen LogP contribution in [-0.2, 0) is 4.79 Å². The van der Waals surface area contributed by atoms with Gasteiger partial charge in [-0.25, -0.2) is 0 Å². The Balaban J connectivity index is 1.17. The lowest BCUT2D eigenvalue weighted by Gasteiger charge is -2.34. The molecule has 7 heteroatoms. The molecule has 0 radical (unpaired) electrons. The van der Waals surface area contributed by atoms with Crippen LogP contribution in [-0.4, -0.2) is 52.9 Å². The highest BCUT2D eigenvalue weighted by atomic mass is 16.5. The number of benzene rings is 1. The van der Waals surface area contributed by atoms with Crippen molar-refractivity contribution in [3.05, 3.63) is 66.1 Å². The maximum atomic E-state index is 12.8. The highest BCUT2D eigenvalue weighted by Gasteiger charge is 2.46. The molecule has 1 aliphatic heterocycles. The minimum Gasteiger partial charge on any atom is -0.461 e. The average Bonchev–Trinajstić information content (AvgIpc) is 3.15. The molecule has 0 unspecified atom stereocenters. The molecule has 2 aromatic heterocycles. The lowest BCUT2D eigenvalue weighted by molar-refractivity contribution is -0.134. The third-order valence-electron chi connectivity index (χ3n) is 5.71. The normalized spacial score (nSPS) is 21.2.